The first kappa shape index (κ1) is 10.3. The van der Waals surface area contributed by atoms with Crippen LogP contribution in [0.5, 0.6) is 0 Å². The van der Waals surface area contributed by atoms with Crippen LogP contribution in [0.3, 0.4) is 0 Å². The first-order chi connectivity index (χ1) is 6.27. The van der Waals surface area contributed by atoms with E-state index in [1.165, 1.54) is 12.0 Å². The molecule has 0 atom stereocenters. The van der Waals surface area contributed by atoms with Gasteiger partial charge in [-0.1, -0.05) is 6.92 Å². The van der Waals surface area contributed by atoms with Crippen LogP contribution in [0.4, 0.5) is 0 Å². The van der Waals surface area contributed by atoms with Crippen molar-refractivity contribution in [2.45, 2.75) is 26.4 Å². The number of nitrogens with zero attached hydrogens (tertiary/aromatic N) is 1. The minimum absolute atomic E-state index is 0.488. The molecule has 0 aliphatic carbocycles. The molecule has 0 fully saturated rings. The third-order valence-corrected chi connectivity index (χ3v) is 2.07. The molecular weight excluding hydrogens is 164 g/mol. The molecule has 0 aromatic carbocycles. The summed E-state index contributed by atoms with van der Waals surface area (Å²) in [5.41, 5.74) is 6.74. The zero-order valence-electron chi connectivity index (χ0n) is 8.42. The van der Waals surface area contributed by atoms with E-state index in [1.807, 2.05) is 6.07 Å². The molecule has 0 bridgehead atoms. The number of furan rings is 1. The van der Waals surface area contributed by atoms with Gasteiger partial charge in [0.2, 0.25) is 0 Å². The fourth-order valence-corrected chi connectivity index (χ4v) is 1.44. The van der Waals surface area contributed by atoms with Gasteiger partial charge in [0, 0.05) is 12.1 Å². The summed E-state index contributed by atoms with van der Waals surface area (Å²) in [6, 6.07) is 1.99. The molecule has 0 saturated carbocycles. The van der Waals surface area contributed by atoms with Crippen molar-refractivity contribution in [3.63, 3.8) is 0 Å². The second-order valence-corrected chi connectivity index (χ2v) is 3.31. The van der Waals surface area contributed by atoms with E-state index in [0.29, 0.717) is 6.54 Å². The molecule has 0 aliphatic heterocycles. The Morgan fingerprint density at radius 3 is 2.92 bits per heavy atom. The Hall–Kier alpha value is -0.800. The molecular formula is C10H18N2O. The third kappa shape index (κ3) is 2.86. The van der Waals surface area contributed by atoms with Gasteiger partial charge in [-0.3, -0.25) is 0 Å². The number of hydrogen-bond donors (Lipinski definition) is 1. The molecule has 2 N–H and O–H groups in total. The molecule has 1 aromatic heterocycles. The molecule has 0 aliphatic rings. The van der Waals surface area contributed by atoms with Crippen LogP contribution in [0.1, 0.15) is 24.7 Å². The Kier molecular flexibility index (Phi) is 3.99. The summed E-state index contributed by atoms with van der Waals surface area (Å²) in [7, 11) is 2.11. The van der Waals surface area contributed by atoms with Crippen molar-refractivity contribution in [3.8, 4) is 0 Å². The van der Waals surface area contributed by atoms with Crippen molar-refractivity contribution >= 4 is 0 Å². The van der Waals surface area contributed by atoms with E-state index in [2.05, 4.69) is 18.9 Å². The van der Waals surface area contributed by atoms with Gasteiger partial charge in [0.15, 0.2) is 0 Å². The van der Waals surface area contributed by atoms with Crippen LogP contribution >= 0.6 is 0 Å². The first-order valence-electron chi connectivity index (χ1n) is 4.71. The third-order valence-electron chi connectivity index (χ3n) is 2.07. The molecule has 1 aromatic rings. The maximum absolute atomic E-state index is 5.53. The predicted octanol–water partition coefficient (Wildman–Crippen LogP) is 1.58. The highest BCUT2D eigenvalue weighted by atomic mass is 16.3. The Bertz CT molecular complexity index is 245. The molecule has 1 rings (SSSR count). The van der Waals surface area contributed by atoms with Gasteiger partial charge in [-0.15, -0.1) is 0 Å². The monoisotopic (exact) mass is 182 g/mol. The molecule has 0 amide bonds. The summed E-state index contributed by atoms with van der Waals surface area (Å²) in [4.78, 5) is 2.27. The van der Waals surface area contributed by atoms with E-state index in [9.17, 15) is 0 Å². The van der Waals surface area contributed by atoms with Gasteiger partial charge in [-0.25, -0.2) is 0 Å². The van der Waals surface area contributed by atoms with E-state index in [0.717, 1.165) is 18.8 Å². The molecule has 0 saturated heterocycles. The van der Waals surface area contributed by atoms with E-state index in [-0.39, 0.29) is 0 Å². The highest BCUT2D eigenvalue weighted by Crippen LogP contribution is 2.11. The zero-order chi connectivity index (χ0) is 9.68. The standard InChI is InChI=1S/C10H18N2O/c1-3-5-12(2)8-9-4-6-13-10(9)7-11/h4,6H,3,5,7-8,11H2,1-2H3. The van der Waals surface area contributed by atoms with Crippen LogP contribution in [-0.4, -0.2) is 18.5 Å². The Labute approximate surface area is 79.5 Å². The number of rotatable bonds is 5. The maximum Gasteiger partial charge on any atom is 0.121 e. The molecule has 74 valence electrons. The van der Waals surface area contributed by atoms with Gasteiger partial charge in [0.25, 0.3) is 0 Å². The fourth-order valence-electron chi connectivity index (χ4n) is 1.44. The quantitative estimate of drug-likeness (QED) is 0.751. The van der Waals surface area contributed by atoms with E-state index >= 15 is 0 Å². The van der Waals surface area contributed by atoms with Crippen LogP contribution in [-0.2, 0) is 13.1 Å². The fraction of sp³-hybridized carbons (Fsp3) is 0.600. The first-order valence-corrected chi connectivity index (χ1v) is 4.71. The second kappa shape index (κ2) is 5.04. The summed E-state index contributed by atoms with van der Waals surface area (Å²) in [5, 5.41) is 0. The molecule has 3 nitrogen and oxygen atoms in total. The van der Waals surface area contributed by atoms with Gasteiger partial charge in [-0.05, 0) is 26.1 Å². The lowest BCUT2D eigenvalue weighted by Gasteiger charge is -2.14. The van der Waals surface area contributed by atoms with Gasteiger partial charge >= 0.3 is 0 Å². The summed E-state index contributed by atoms with van der Waals surface area (Å²) >= 11 is 0. The molecule has 3 heteroatoms. The summed E-state index contributed by atoms with van der Waals surface area (Å²) in [6.07, 6.45) is 2.88. The van der Waals surface area contributed by atoms with Gasteiger partial charge < -0.3 is 15.1 Å². The lowest BCUT2D eigenvalue weighted by atomic mass is 10.2. The molecule has 0 spiro atoms. The minimum Gasteiger partial charge on any atom is -0.468 e. The molecule has 1 heterocycles. The van der Waals surface area contributed by atoms with Crippen molar-refractivity contribution in [2.75, 3.05) is 13.6 Å². The van der Waals surface area contributed by atoms with Crippen LogP contribution < -0.4 is 5.73 Å². The van der Waals surface area contributed by atoms with Crippen molar-refractivity contribution in [1.82, 2.24) is 4.90 Å². The molecule has 13 heavy (non-hydrogen) atoms. The average Bonchev–Trinajstić information content (AvgIpc) is 2.52. The van der Waals surface area contributed by atoms with Crippen molar-refractivity contribution in [1.29, 1.82) is 0 Å². The van der Waals surface area contributed by atoms with Crippen molar-refractivity contribution < 1.29 is 4.42 Å². The van der Waals surface area contributed by atoms with Crippen molar-refractivity contribution in [2.24, 2.45) is 5.73 Å². The highest BCUT2D eigenvalue weighted by molar-refractivity contribution is 5.16. The van der Waals surface area contributed by atoms with Gasteiger partial charge in [0.05, 0.1) is 12.8 Å². The largest absolute Gasteiger partial charge is 0.468 e. The highest BCUT2D eigenvalue weighted by Gasteiger charge is 2.06. The Balaban J connectivity index is 2.52. The van der Waals surface area contributed by atoms with Crippen LogP contribution in [0.25, 0.3) is 0 Å². The smallest absolute Gasteiger partial charge is 0.121 e. The summed E-state index contributed by atoms with van der Waals surface area (Å²) < 4.78 is 5.24. The predicted molar refractivity (Wildman–Crippen MR) is 53.2 cm³/mol. The molecule has 0 unspecified atom stereocenters. The SMILES string of the molecule is CCCN(C)Cc1ccoc1CN. The number of nitrogens with two attached hydrogens (primary N) is 1. The van der Waals surface area contributed by atoms with Crippen molar-refractivity contribution in [3.05, 3.63) is 23.7 Å². The number of hydrogen-bond acceptors (Lipinski definition) is 3. The van der Waals surface area contributed by atoms with Crippen LogP contribution in [0.2, 0.25) is 0 Å². The summed E-state index contributed by atoms with van der Waals surface area (Å²) in [5.74, 6) is 0.906. The van der Waals surface area contributed by atoms with E-state index in [1.54, 1.807) is 6.26 Å². The zero-order valence-corrected chi connectivity index (χ0v) is 8.42. The minimum atomic E-state index is 0.488. The van der Waals surface area contributed by atoms with E-state index < -0.39 is 0 Å². The maximum atomic E-state index is 5.53. The van der Waals surface area contributed by atoms with E-state index in [4.69, 9.17) is 10.2 Å². The topological polar surface area (TPSA) is 42.4 Å². The van der Waals surface area contributed by atoms with Gasteiger partial charge in [0.1, 0.15) is 5.76 Å². The summed E-state index contributed by atoms with van der Waals surface area (Å²) in [6.45, 7) is 4.70. The lowest BCUT2D eigenvalue weighted by molar-refractivity contribution is 0.324. The Morgan fingerprint density at radius 1 is 1.54 bits per heavy atom. The normalized spacial score (nSPS) is 11.1. The Morgan fingerprint density at radius 2 is 2.31 bits per heavy atom. The lowest BCUT2D eigenvalue weighted by Crippen LogP contribution is -2.19. The second-order valence-electron chi connectivity index (χ2n) is 3.31. The molecule has 0 radical (unpaired) electrons. The van der Waals surface area contributed by atoms with Crippen LogP contribution in [0, 0.1) is 0 Å². The van der Waals surface area contributed by atoms with Gasteiger partial charge in [-0.2, -0.15) is 0 Å². The van der Waals surface area contributed by atoms with Crippen LogP contribution in [0.15, 0.2) is 16.7 Å². The average molecular weight is 182 g/mol.